The third kappa shape index (κ3) is 4.41. The molecule has 4 heterocycles. The fourth-order valence-electron chi connectivity index (χ4n) is 4.49. The van der Waals surface area contributed by atoms with Gasteiger partial charge in [0.1, 0.15) is 11.4 Å². The summed E-state index contributed by atoms with van der Waals surface area (Å²) < 4.78 is 11.6. The molecule has 1 N–H and O–H groups in total. The number of nitrogens with one attached hydrogen (secondary N) is 1. The molecule has 0 unspecified atom stereocenters. The van der Waals surface area contributed by atoms with E-state index >= 15 is 0 Å². The van der Waals surface area contributed by atoms with Gasteiger partial charge in [0, 0.05) is 44.1 Å². The summed E-state index contributed by atoms with van der Waals surface area (Å²) in [5, 5.41) is 0.836. The predicted octanol–water partition coefficient (Wildman–Crippen LogP) is 2.54. The predicted molar refractivity (Wildman–Crippen MR) is 124 cm³/mol. The number of unbranched alkanes of at least 4 members (excludes halogenated alkanes) is 1. The average Bonchev–Trinajstić information content (AvgIpc) is 3.28. The molecule has 8 heteroatoms. The van der Waals surface area contributed by atoms with Gasteiger partial charge in [-0.3, -0.25) is 9.69 Å². The van der Waals surface area contributed by atoms with Crippen molar-refractivity contribution in [1.82, 2.24) is 19.9 Å². The highest BCUT2D eigenvalue weighted by Crippen LogP contribution is 2.36. The Bertz CT molecular complexity index is 1150. The first-order chi connectivity index (χ1) is 15.7. The number of rotatable bonds is 7. The summed E-state index contributed by atoms with van der Waals surface area (Å²) in [4.78, 5) is 28.0. The first kappa shape index (κ1) is 20.8. The Morgan fingerprint density at radius 2 is 1.97 bits per heavy atom. The normalized spacial score (nSPS) is 16.2. The molecule has 0 saturated carbocycles. The van der Waals surface area contributed by atoms with Gasteiger partial charge in [-0.2, -0.15) is 9.97 Å². The standard InChI is InChI=1S/C24H29N5O3/c1-17-19-7-8-21(30)26-23(19)27-24(25-17)32-15-3-2-10-28-11-13-29(14-12-28)20-6-4-5-18-9-16-31-22(18)20/h4-8H,2-3,9-16H2,1H3,(H,25,26,27,30). The molecule has 0 aliphatic carbocycles. The molecule has 0 spiro atoms. The van der Waals surface area contributed by atoms with Gasteiger partial charge in [0.25, 0.3) is 0 Å². The van der Waals surface area contributed by atoms with Crippen LogP contribution in [-0.4, -0.2) is 65.8 Å². The van der Waals surface area contributed by atoms with Crippen molar-refractivity contribution in [1.29, 1.82) is 0 Å². The van der Waals surface area contributed by atoms with Crippen LogP contribution in [-0.2, 0) is 6.42 Å². The van der Waals surface area contributed by atoms with Crippen molar-refractivity contribution in [2.24, 2.45) is 0 Å². The second-order valence-electron chi connectivity index (χ2n) is 8.42. The number of hydrogen-bond donors (Lipinski definition) is 1. The molecule has 1 fully saturated rings. The minimum absolute atomic E-state index is 0.175. The lowest BCUT2D eigenvalue weighted by Gasteiger charge is -2.36. The maximum atomic E-state index is 11.5. The second-order valence-corrected chi connectivity index (χ2v) is 8.42. The number of pyridine rings is 1. The van der Waals surface area contributed by atoms with Gasteiger partial charge in [0.15, 0.2) is 0 Å². The summed E-state index contributed by atoms with van der Waals surface area (Å²) in [7, 11) is 0. The smallest absolute Gasteiger partial charge is 0.318 e. The van der Waals surface area contributed by atoms with Gasteiger partial charge in [-0.25, -0.2) is 0 Å². The molecule has 32 heavy (non-hydrogen) atoms. The van der Waals surface area contributed by atoms with Crippen LogP contribution in [0.3, 0.4) is 0 Å². The summed E-state index contributed by atoms with van der Waals surface area (Å²) in [6.45, 7) is 8.50. The number of aromatic nitrogens is 3. The van der Waals surface area contributed by atoms with Crippen molar-refractivity contribution >= 4 is 16.7 Å². The Balaban J connectivity index is 1.06. The number of fused-ring (bicyclic) bond motifs is 2. The van der Waals surface area contributed by atoms with Crippen molar-refractivity contribution < 1.29 is 9.47 Å². The third-order valence-corrected chi connectivity index (χ3v) is 6.27. The number of nitrogens with zero attached hydrogens (tertiary/aromatic N) is 4. The maximum absolute atomic E-state index is 11.5. The number of para-hydroxylation sites is 1. The summed E-state index contributed by atoms with van der Waals surface area (Å²) in [5.74, 6) is 1.09. The van der Waals surface area contributed by atoms with Crippen LogP contribution in [0.5, 0.6) is 11.8 Å². The van der Waals surface area contributed by atoms with Crippen LogP contribution in [0, 0.1) is 6.92 Å². The molecule has 0 amide bonds. The van der Waals surface area contributed by atoms with E-state index in [1.165, 1.54) is 17.3 Å². The van der Waals surface area contributed by atoms with Crippen molar-refractivity contribution in [2.45, 2.75) is 26.2 Å². The summed E-state index contributed by atoms with van der Waals surface area (Å²) in [5.41, 5.74) is 3.73. The highest BCUT2D eigenvalue weighted by Gasteiger charge is 2.23. The quantitative estimate of drug-likeness (QED) is 0.571. The third-order valence-electron chi connectivity index (χ3n) is 6.27. The fraction of sp³-hybridized carbons (Fsp3) is 0.458. The van der Waals surface area contributed by atoms with E-state index in [0.717, 1.165) is 75.4 Å². The molecular weight excluding hydrogens is 406 g/mol. The Morgan fingerprint density at radius 3 is 2.84 bits per heavy atom. The van der Waals surface area contributed by atoms with Crippen LogP contribution in [0.1, 0.15) is 24.1 Å². The maximum Gasteiger partial charge on any atom is 0.318 e. The van der Waals surface area contributed by atoms with E-state index in [1.807, 2.05) is 6.92 Å². The first-order valence-electron chi connectivity index (χ1n) is 11.4. The molecule has 2 aliphatic heterocycles. The first-order valence-corrected chi connectivity index (χ1v) is 11.4. The van der Waals surface area contributed by atoms with Gasteiger partial charge >= 0.3 is 6.01 Å². The molecule has 0 bridgehead atoms. The number of anilines is 1. The lowest BCUT2D eigenvalue weighted by atomic mass is 10.1. The van der Waals surface area contributed by atoms with Crippen molar-refractivity contribution in [2.75, 3.05) is 50.8 Å². The van der Waals surface area contributed by atoms with Crippen molar-refractivity contribution in [3.05, 3.63) is 51.9 Å². The van der Waals surface area contributed by atoms with E-state index in [9.17, 15) is 4.79 Å². The van der Waals surface area contributed by atoms with E-state index < -0.39 is 0 Å². The number of aromatic amines is 1. The van der Waals surface area contributed by atoms with Crippen LogP contribution in [0.25, 0.3) is 11.0 Å². The number of benzene rings is 1. The minimum Gasteiger partial charge on any atom is -0.491 e. The Morgan fingerprint density at radius 1 is 1.09 bits per heavy atom. The van der Waals surface area contributed by atoms with Crippen LogP contribution in [0.4, 0.5) is 5.69 Å². The number of hydrogen-bond acceptors (Lipinski definition) is 7. The molecule has 2 aromatic heterocycles. The molecule has 3 aromatic rings. The zero-order valence-electron chi connectivity index (χ0n) is 18.5. The lowest BCUT2D eigenvalue weighted by molar-refractivity contribution is 0.233. The van der Waals surface area contributed by atoms with Gasteiger partial charge in [-0.15, -0.1) is 0 Å². The van der Waals surface area contributed by atoms with Crippen LogP contribution < -0.4 is 19.9 Å². The summed E-state index contributed by atoms with van der Waals surface area (Å²) >= 11 is 0. The Hall–Kier alpha value is -3.13. The molecular formula is C24H29N5O3. The zero-order valence-corrected chi connectivity index (χ0v) is 18.5. The Labute approximate surface area is 187 Å². The number of H-pyrrole nitrogens is 1. The molecule has 1 aromatic carbocycles. The molecule has 168 valence electrons. The molecule has 0 radical (unpaired) electrons. The van der Waals surface area contributed by atoms with Gasteiger partial charge in [0.2, 0.25) is 5.56 Å². The zero-order chi connectivity index (χ0) is 21.9. The number of piperazine rings is 1. The topological polar surface area (TPSA) is 83.6 Å². The molecule has 1 saturated heterocycles. The van der Waals surface area contributed by atoms with Crippen LogP contribution in [0.2, 0.25) is 0 Å². The molecule has 5 rings (SSSR count). The molecule has 8 nitrogen and oxygen atoms in total. The molecule has 2 aliphatic rings. The second kappa shape index (κ2) is 9.16. The highest BCUT2D eigenvalue weighted by molar-refractivity contribution is 5.76. The van der Waals surface area contributed by atoms with Crippen LogP contribution in [0.15, 0.2) is 35.1 Å². The summed E-state index contributed by atoms with van der Waals surface area (Å²) in [6.07, 6.45) is 3.02. The van der Waals surface area contributed by atoms with E-state index in [1.54, 1.807) is 6.07 Å². The average molecular weight is 436 g/mol. The lowest BCUT2D eigenvalue weighted by Crippen LogP contribution is -2.46. The van der Waals surface area contributed by atoms with E-state index in [0.29, 0.717) is 18.3 Å². The van der Waals surface area contributed by atoms with Gasteiger partial charge in [0.05, 0.1) is 24.6 Å². The fourth-order valence-corrected chi connectivity index (χ4v) is 4.49. The summed E-state index contributed by atoms with van der Waals surface area (Å²) in [6, 6.07) is 10.1. The van der Waals surface area contributed by atoms with Crippen LogP contribution >= 0.6 is 0 Å². The number of ether oxygens (including phenoxy) is 2. The van der Waals surface area contributed by atoms with E-state index in [2.05, 4.69) is 43.0 Å². The molecule has 0 atom stereocenters. The van der Waals surface area contributed by atoms with Crippen molar-refractivity contribution in [3.63, 3.8) is 0 Å². The van der Waals surface area contributed by atoms with Gasteiger partial charge in [-0.05, 0) is 44.0 Å². The largest absolute Gasteiger partial charge is 0.491 e. The van der Waals surface area contributed by atoms with E-state index in [4.69, 9.17) is 9.47 Å². The SMILES string of the molecule is Cc1nc(OCCCCN2CCN(c3cccc4c3OCC4)CC2)nc2[nH]c(=O)ccc12. The van der Waals surface area contributed by atoms with E-state index in [-0.39, 0.29) is 5.56 Å². The number of aryl methyl sites for hydroxylation is 1. The Kier molecular flexibility index (Phi) is 5.94. The minimum atomic E-state index is -0.175. The highest BCUT2D eigenvalue weighted by atomic mass is 16.5. The van der Waals surface area contributed by atoms with Crippen molar-refractivity contribution in [3.8, 4) is 11.8 Å². The van der Waals surface area contributed by atoms with Gasteiger partial charge < -0.3 is 19.4 Å². The van der Waals surface area contributed by atoms with Gasteiger partial charge in [-0.1, -0.05) is 12.1 Å². The monoisotopic (exact) mass is 435 g/mol.